The molecule has 1 unspecified atom stereocenters. The van der Waals surface area contributed by atoms with E-state index in [1.54, 1.807) is 0 Å². The average Bonchev–Trinajstić information content (AvgIpc) is 2.34. The van der Waals surface area contributed by atoms with E-state index in [9.17, 15) is 0 Å². The fourth-order valence-corrected chi connectivity index (χ4v) is 2.88. The molecule has 0 nitrogen and oxygen atoms in total. The molecule has 0 aromatic rings. The van der Waals surface area contributed by atoms with Crippen molar-refractivity contribution in [3.8, 4) is 0 Å². The van der Waals surface area contributed by atoms with Gasteiger partial charge in [-0.25, -0.2) is 0 Å². The number of unbranched alkanes of at least 4 members (excludes halogenated alkanes) is 12. The first-order valence-corrected chi connectivity index (χ1v) is 9.66. The molecule has 1 atom stereocenters. The van der Waals surface area contributed by atoms with Crippen LogP contribution in [-0.4, -0.2) is 3.92 Å². The van der Waals surface area contributed by atoms with Crippen LogP contribution in [0.25, 0.3) is 0 Å². The van der Waals surface area contributed by atoms with Crippen molar-refractivity contribution >= 4 is 22.6 Å². The first-order chi connectivity index (χ1) is 8.77. The second-order valence-corrected chi connectivity index (χ2v) is 7.94. The third-order valence-electron chi connectivity index (χ3n) is 3.71. The van der Waals surface area contributed by atoms with Crippen molar-refractivity contribution in [2.24, 2.45) is 0 Å². The summed E-state index contributed by atoms with van der Waals surface area (Å²) < 4.78 is 0.871. The minimum atomic E-state index is 0.871. The maximum Gasteiger partial charge on any atom is 0.00813 e. The molecule has 0 amide bonds. The van der Waals surface area contributed by atoms with E-state index in [-0.39, 0.29) is 0 Å². The quantitative estimate of drug-likeness (QED) is 0.172. The van der Waals surface area contributed by atoms with Crippen LogP contribution in [-0.2, 0) is 0 Å². The molecule has 0 fully saturated rings. The van der Waals surface area contributed by atoms with Gasteiger partial charge in [-0.15, -0.1) is 0 Å². The predicted molar refractivity (Wildman–Crippen MR) is 93.8 cm³/mol. The molecule has 0 aromatic heterocycles. The lowest BCUT2D eigenvalue weighted by Crippen LogP contribution is -1.89. The third-order valence-corrected chi connectivity index (χ3v) is 4.33. The van der Waals surface area contributed by atoms with Crippen molar-refractivity contribution in [1.29, 1.82) is 0 Å². The molecule has 0 heterocycles. The van der Waals surface area contributed by atoms with Crippen LogP contribution < -0.4 is 0 Å². The fraction of sp³-hybridized carbons (Fsp3) is 1.00. The minimum Gasteiger partial charge on any atom is -0.0829 e. The van der Waals surface area contributed by atoms with Gasteiger partial charge in [-0.05, 0) is 6.42 Å². The summed E-state index contributed by atoms with van der Waals surface area (Å²) in [4.78, 5) is 0. The molecular formula is C17H35I. The Labute approximate surface area is 130 Å². The molecule has 0 saturated heterocycles. The van der Waals surface area contributed by atoms with Crippen molar-refractivity contribution in [3.05, 3.63) is 0 Å². The number of hydrogen-bond acceptors (Lipinski definition) is 0. The van der Waals surface area contributed by atoms with E-state index in [2.05, 4.69) is 36.4 Å². The summed E-state index contributed by atoms with van der Waals surface area (Å²) in [6.07, 6.45) is 20.4. The molecule has 1 heteroatoms. The molecule has 0 rings (SSSR count). The lowest BCUT2D eigenvalue weighted by atomic mass is 10.0. The van der Waals surface area contributed by atoms with Gasteiger partial charge in [0.05, 0.1) is 0 Å². The zero-order valence-electron chi connectivity index (χ0n) is 12.9. The van der Waals surface area contributed by atoms with E-state index in [1.807, 2.05) is 0 Å². The van der Waals surface area contributed by atoms with Crippen LogP contribution >= 0.6 is 22.6 Å². The van der Waals surface area contributed by atoms with Crippen LogP contribution in [0.15, 0.2) is 0 Å². The summed E-state index contributed by atoms with van der Waals surface area (Å²) in [5, 5.41) is 0. The molecule has 0 saturated carbocycles. The van der Waals surface area contributed by atoms with Gasteiger partial charge in [0.2, 0.25) is 0 Å². The van der Waals surface area contributed by atoms with E-state index in [0.717, 1.165) is 3.92 Å². The number of rotatable bonds is 14. The topological polar surface area (TPSA) is 0 Å². The monoisotopic (exact) mass is 366 g/mol. The Kier molecular flexibility index (Phi) is 16.4. The highest BCUT2D eigenvalue weighted by atomic mass is 127. The van der Waals surface area contributed by atoms with E-state index in [0.29, 0.717) is 0 Å². The first kappa shape index (κ1) is 18.7. The van der Waals surface area contributed by atoms with Gasteiger partial charge < -0.3 is 0 Å². The van der Waals surface area contributed by atoms with E-state index in [4.69, 9.17) is 0 Å². The molecule has 0 bridgehead atoms. The van der Waals surface area contributed by atoms with Gasteiger partial charge in [-0.3, -0.25) is 0 Å². The Morgan fingerprint density at radius 3 is 1.28 bits per heavy atom. The van der Waals surface area contributed by atoms with Crippen LogP contribution in [0.4, 0.5) is 0 Å². The van der Waals surface area contributed by atoms with Crippen LogP contribution in [0.3, 0.4) is 0 Å². The average molecular weight is 366 g/mol. The van der Waals surface area contributed by atoms with Gasteiger partial charge in [0.25, 0.3) is 0 Å². The molecule has 0 spiro atoms. The summed E-state index contributed by atoms with van der Waals surface area (Å²) >= 11 is 2.54. The largest absolute Gasteiger partial charge is 0.0829 e. The van der Waals surface area contributed by atoms with Crippen LogP contribution in [0.1, 0.15) is 104 Å². The summed E-state index contributed by atoms with van der Waals surface area (Å²) in [5.74, 6) is 0. The molecule has 0 aliphatic rings. The van der Waals surface area contributed by atoms with Gasteiger partial charge in [-0.2, -0.15) is 0 Å². The maximum absolute atomic E-state index is 2.54. The molecule has 110 valence electrons. The Morgan fingerprint density at radius 1 is 0.611 bits per heavy atom. The van der Waals surface area contributed by atoms with E-state index in [1.165, 1.54) is 89.9 Å². The second-order valence-electron chi connectivity index (χ2n) is 5.81. The van der Waals surface area contributed by atoms with Crippen molar-refractivity contribution < 1.29 is 0 Å². The van der Waals surface area contributed by atoms with Gasteiger partial charge in [0.1, 0.15) is 0 Å². The fourth-order valence-electron chi connectivity index (χ4n) is 2.44. The van der Waals surface area contributed by atoms with E-state index < -0.39 is 0 Å². The summed E-state index contributed by atoms with van der Waals surface area (Å²) in [5.41, 5.74) is 0. The van der Waals surface area contributed by atoms with Crippen molar-refractivity contribution in [1.82, 2.24) is 0 Å². The van der Waals surface area contributed by atoms with Crippen molar-refractivity contribution in [2.75, 3.05) is 0 Å². The highest BCUT2D eigenvalue weighted by Crippen LogP contribution is 2.14. The maximum atomic E-state index is 2.54. The third kappa shape index (κ3) is 16.7. The van der Waals surface area contributed by atoms with Crippen LogP contribution in [0, 0.1) is 0 Å². The number of alkyl halides is 1. The van der Waals surface area contributed by atoms with Crippen molar-refractivity contribution in [2.45, 2.75) is 108 Å². The molecule has 0 radical (unpaired) electrons. The standard InChI is InChI=1S/C17H35I/c1-3-4-5-6-7-8-9-10-11-12-13-14-15-16-17(2)18/h17H,3-16H2,1-2H3. The highest BCUT2D eigenvalue weighted by Gasteiger charge is 1.96. The van der Waals surface area contributed by atoms with Gasteiger partial charge in [-0.1, -0.05) is 120 Å². The molecular weight excluding hydrogens is 331 g/mol. The molecule has 0 aromatic carbocycles. The summed E-state index contributed by atoms with van der Waals surface area (Å²) in [7, 11) is 0. The molecule has 0 N–H and O–H groups in total. The lowest BCUT2D eigenvalue weighted by molar-refractivity contribution is 0.536. The number of halogens is 1. The molecule has 18 heavy (non-hydrogen) atoms. The number of hydrogen-bond donors (Lipinski definition) is 0. The smallest absolute Gasteiger partial charge is 0.00813 e. The van der Waals surface area contributed by atoms with E-state index >= 15 is 0 Å². The zero-order valence-corrected chi connectivity index (χ0v) is 15.0. The SMILES string of the molecule is CCCCCCCCCCCCCCCC(C)I. The normalized spacial score (nSPS) is 12.8. The second kappa shape index (κ2) is 15.8. The van der Waals surface area contributed by atoms with Gasteiger partial charge in [0, 0.05) is 3.92 Å². The van der Waals surface area contributed by atoms with Crippen LogP contribution in [0.5, 0.6) is 0 Å². The Hall–Kier alpha value is 0.730. The molecule has 0 aliphatic heterocycles. The predicted octanol–water partition coefficient (Wildman–Crippen LogP) is 7.29. The summed E-state index contributed by atoms with van der Waals surface area (Å²) in [6, 6.07) is 0. The van der Waals surface area contributed by atoms with Gasteiger partial charge >= 0.3 is 0 Å². The first-order valence-electron chi connectivity index (χ1n) is 8.41. The lowest BCUT2D eigenvalue weighted by Gasteiger charge is -2.04. The van der Waals surface area contributed by atoms with Crippen molar-refractivity contribution in [3.63, 3.8) is 0 Å². The minimum absolute atomic E-state index is 0.871. The Morgan fingerprint density at radius 2 is 0.944 bits per heavy atom. The molecule has 0 aliphatic carbocycles. The van der Waals surface area contributed by atoms with Crippen LogP contribution in [0.2, 0.25) is 0 Å². The Balaban J connectivity index is 2.90. The van der Waals surface area contributed by atoms with Gasteiger partial charge in [0.15, 0.2) is 0 Å². The summed E-state index contributed by atoms with van der Waals surface area (Å²) in [6.45, 7) is 4.61. The highest BCUT2D eigenvalue weighted by molar-refractivity contribution is 14.1. The zero-order chi connectivity index (χ0) is 13.5. The Bertz CT molecular complexity index is 143.